The molecule has 0 spiro atoms. The number of nitrogens with one attached hydrogen (secondary N) is 1. The van der Waals surface area contributed by atoms with Gasteiger partial charge in [-0.25, -0.2) is 0 Å². The number of carboxylic acid groups (broad SMARTS) is 1. The normalized spacial score (nSPS) is 29.3. The van der Waals surface area contributed by atoms with Crippen LogP contribution in [-0.4, -0.2) is 16.8 Å². The number of hydrogen-bond donors (Lipinski definition) is 2. The third kappa shape index (κ3) is 2.83. The van der Waals surface area contributed by atoms with Crippen LogP contribution >= 0.6 is 0 Å². The number of aliphatic carboxylic acids is 1. The Morgan fingerprint density at radius 3 is 2.31 bits per heavy atom. The van der Waals surface area contributed by atoms with Gasteiger partial charge in [-0.2, -0.15) is 0 Å². The first-order chi connectivity index (χ1) is 6.11. The molecule has 0 saturated heterocycles. The van der Waals surface area contributed by atoms with Crippen LogP contribution in [0, 0.1) is 17.2 Å². The molecule has 1 saturated carbocycles. The highest BCUT2D eigenvalue weighted by Gasteiger charge is 2.24. The number of carbonyl (C=O) groups is 1. The summed E-state index contributed by atoms with van der Waals surface area (Å²) in [5.41, 5.74) is 0.714. The summed E-state index contributed by atoms with van der Waals surface area (Å²) in [5.74, 6) is -0.489. The van der Waals surface area contributed by atoms with Crippen LogP contribution in [0.4, 0.5) is 0 Å². The van der Waals surface area contributed by atoms with Crippen molar-refractivity contribution in [3.05, 3.63) is 0 Å². The fraction of sp³-hybridized carbons (Fsp3) is 0.800. The first kappa shape index (κ1) is 10.2. The standard InChI is InChI=1S/C10H17NO2/c1-7(11)8-3-2-4-9(6-5-8)10(12)13/h8-9,11H,2-6H2,1H3,(H,12,13). The highest BCUT2D eigenvalue weighted by Crippen LogP contribution is 2.27. The van der Waals surface area contributed by atoms with Gasteiger partial charge >= 0.3 is 5.97 Å². The largest absolute Gasteiger partial charge is 0.481 e. The van der Waals surface area contributed by atoms with E-state index in [1.807, 2.05) is 6.92 Å². The summed E-state index contributed by atoms with van der Waals surface area (Å²) in [6.07, 6.45) is 4.37. The molecule has 3 heteroatoms. The number of hydrogen-bond acceptors (Lipinski definition) is 2. The molecule has 1 aliphatic rings. The Morgan fingerprint density at radius 1 is 1.23 bits per heavy atom. The zero-order chi connectivity index (χ0) is 9.84. The third-order valence-electron chi connectivity index (χ3n) is 2.93. The average Bonchev–Trinajstić information content (AvgIpc) is 2.27. The second-order valence-electron chi connectivity index (χ2n) is 3.92. The van der Waals surface area contributed by atoms with Crippen LogP contribution in [0.15, 0.2) is 0 Å². The smallest absolute Gasteiger partial charge is 0.306 e. The predicted octanol–water partition coefficient (Wildman–Crippen LogP) is 2.31. The zero-order valence-corrected chi connectivity index (χ0v) is 8.05. The molecule has 74 valence electrons. The minimum absolute atomic E-state index is 0.163. The van der Waals surface area contributed by atoms with Crippen molar-refractivity contribution in [2.24, 2.45) is 11.8 Å². The fourth-order valence-corrected chi connectivity index (χ4v) is 1.98. The van der Waals surface area contributed by atoms with Crippen molar-refractivity contribution >= 4 is 11.7 Å². The molecule has 1 aliphatic carbocycles. The van der Waals surface area contributed by atoms with E-state index in [4.69, 9.17) is 10.5 Å². The van der Waals surface area contributed by atoms with Crippen molar-refractivity contribution in [2.45, 2.75) is 39.0 Å². The summed E-state index contributed by atoms with van der Waals surface area (Å²) < 4.78 is 0. The minimum atomic E-state index is -0.664. The van der Waals surface area contributed by atoms with E-state index in [1.165, 1.54) is 0 Å². The second-order valence-corrected chi connectivity index (χ2v) is 3.92. The predicted molar refractivity (Wildman–Crippen MR) is 51.1 cm³/mol. The van der Waals surface area contributed by atoms with E-state index in [0.29, 0.717) is 11.6 Å². The van der Waals surface area contributed by atoms with Gasteiger partial charge in [-0.3, -0.25) is 4.79 Å². The Hall–Kier alpha value is -0.860. The molecule has 13 heavy (non-hydrogen) atoms. The van der Waals surface area contributed by atoms with Gasteiger partial charge in [0.15, 0.2) is 0 Å². The van der Waals surface area contributed by atoms with Crippen molar-refractivity contribution in [3.63, 3.8) is 0 Å². The maximum atomic E-state index is 10.7. The summed E-state index contributed by atoms with van der Waals surface area (Å²) >= 11 is 0. The zero-order valence-electron chi connectivity index (χ0n) is 8.05. The van der Waals surface area contributed by atoms with Gasteiger partial charge in [0, 0.05) is 5.71 Å². The van der Waals surface area contributed by atoms with Gasteiger partial charge in [-0.1, -0.05) is 6.42 Å². The molecule has 0 amide bonds. The molecule has 1 fully saturated rings. The molecule has 0 radical (unpaired) electrons. The van der Waals surface area contributed by atoms with Gasteiger partial charge in [0.1, 0.15) is 0 Å². The van der Waals surface area contributed by atoms with Gasteiger partial charge in [0.2, 0.25) is 0 Å². The highest BCUT2D eigenvalue weighted by atomic mass is 16.4. The summed E-state index contributed by atoms with van der Waals surface area (Å²) in [6.45, 7) is 1.83. The summed E-state index contributed by atoms with van der Waals surface area (Å²) in [7, 11) is 0. The summed E-state index contributed by atoms with van der Waals surface area (Å²) in [6, 6.07) is 0. The number of carboxylic acids is 1. The molecule has 0 bridgehead atoms. The molecule has 3 nitrogen and oxygen atoms in total. The van der Waals surface area contributed by atoms with Crippen LogP contribution in [0.2, 0.25) is 0 Å². The summed E-state index contributed by atoms with van der Waals surface area (Å²) in [5, 5.41) is 16.3. The van der Waals surface area contributed by atoms with E-state index in [9.17, 15) is 4.79 Å². The Morgan fingerprint density at radius 2 is 1.77 bits per heavy atom. The van der Waals surface area contributed by atoms with Crippen LogP contribution in [0.3, 0.4) is 0 Å². The molecule has 0 heterocycles. The minimum Gasteiger partial charge on any atom is -0.481 e. The monoisotopic (exact) mass is 183 g/mol. The van der Waals surface area contributed by atoms with Crippen LogP contribution in [0.25, 0.3) is 0 Å². The SMILES string of the molecule is CC(=N)C1CCCC(C(=O)O)CC1. The van der Waals surface area contributed by atoms with E-state index in [1.54, 1.807) is 0 Å². The lowest BCUT2D eigenvalue weighted by atomic mass is 9.95. The molecule has 0 aromatic carbocycles. The quantitative estimate of drug-likeness (QED) is 0.509. The van der Waals surface area contributed by atoms with Crippen LogP contribution in [0.5, 0.6) is 0 Å². The highest BCUT2D eigenvalue weighted by molar-refractivity contribution is 5.81. The topological polar surface area (TPSA) is 61.2 Å². The molecule has 0 aliphatic heterocycles. The second kappa shape index (κ2) is 4.40. The fourth-order valence-electron chi connectivity index (χ4n) is 1.98. The lowest BCUT2D eigenvalue weighted by molar-refractivity contribution is -0.142. The van der Waals surface area contributed by atoms with Gasteiger partial charge in [-0.15, -0.1) is 0 Å². The Bertz CT molecular complexity index is 191. The van der Waals surface area contributed by atoms with Crippen molar-refractivity contribution in [1.82, 2.24) is 0 Å². The van der Waals surface area contributed by atoms with E-state index in [-0.39, 0.29) is 5.92 Å². The molecular weight excluding hydrogens is 166 g/mol. The van der Waals surface area contributed by atoms with E-state index < -0.39 is 5.97 Å². The Labute approximate surface area is 78.7 Å². The third-order valence-corrected chi connectivity index (χ3v) is 2.93. The van der Waals surface area contributed by atoms with Gasteiger partial charge in [0.05, 0.1) is 5.92 Å². The van der Waals surface area contributed by atoms with Crippen molar-refractivity contribution in [3.8, 4) is 0 Å². The van der Waals surface area contributed by atoms with E-state index >= 15 is 0 Å². The maximum absolute atomic E-state index is 10.7. The summed E-state index contributed by atoms with van der Waals surface area (Å²) in [4.78, 5) is 10.7. The van der Waals surface area contributed by atoms with Crippen LogP contribution < -0.4 is 0 Å². The van der Waals surface area contributed by atoms with Gasteiger partial charge in [0.25, 0.3) is 0 Å². The van der Waals surface area contributed by atoms with Crippen LogP contribution in [-0.2, 0) is 4.79 Å². The van der Waals surface area contributed by atoms with Crippen molar-refractivity contribution in [2.75, 3.05) is 0 Å². The molecule has 0 aromatic heterocycles. The van der Waals surface area contributed by atoms with Crippen LogP contribution in [0.1, 0.15) is 39.0 Å². The molecule has 0 aromatic rings. The van der Waals surface area contributed by atoms with Gasteiger partial charge in [-0.05, 0) is 38.5 Å². The molecular formula is C10H17NO2. The van der Waals surface area contributed by atoms with Crippen molar-refractivity contribution < 1.29 is 9.90 Å². The Kier molecular flexibility index (Phi) is 3.46. The van der Waals surface area contributed by atoms with E-state index in [2.05, 4.69) is 0 Å². The lowest BCUT2D eigenvalue weighted by Gasteiger charge is -2.11. The molecule has 2 unspecified atom stereocenters. The van der Waals surface area contributed by atoms with Gasteiger partial charge < -0.3 is 10.5 Å². The maximum Gasteiger partial charge on any atom is 0.306 e. The van der Waals surface area contributed by atoms with E-state index in [0.717, 1.165) is 32.1 Å². The Balaban J connectivity index is 2.48. The molecule has 2 atom stereocenters. The first-order valence-electron chi connectivity index (χ1n) is 4.89. The molecule has 1 rings (SSSR count). The first-order valence-corrected chi connectivity index (χ1v) is 4.89. The van der Waals surface area contributed by atoms with Crippen molar-refractivity contribution in [1.29, 1.82) is 5.41 Å². The average molecular weight is 183 g/mol. The lowest BCUT2D eigenvalue weighted by Crippen LogP contribution is -2.13. The molecule has 2 N–H and O–H groups in total. The number of rotatable bonds is 2.